The minimum absolute atomic E-state index is 0.656. The summed E-state index contributed by atoms with van der Waals surface area (Å²) in [5.41, 5.74) is 1.15. The predicted molar refractivity (Wildman–Crippen MR) is 45.3 cm³/mol. The molecule has 0 aromatic rings. The van der Waals surface area contributed by atoms with Gasteiger partial charge in [0.05, 0.1) is 5.03 Å². The first-order valence-corrected chi connectivity index (χ1v) is 4.14. The zero-order chi connectivity index (χ0) is 7.68. The molecule has 2 aliphatic rings. The molecule has 0 saturated carbocycles. The Morgan fingerprint density at radius 2 is 2.36 bits per heavy atom. The third kappa shape index (κ3) is 1.21. The van der Waals surface area contributed by atoms with Crippen molar-refractivity contribution in [1.29, 1.82) is 0 Å². The van der Waals surface area contributed by atoms with E-state index < -0.39 is 0 Å². The lowest BCUT2D eigenvalue weighted by Crippen LogP contribution is -2.05. The fraction of sp³-hybridized carbons (Fsp3) is 0.333. The number of fused-ring (bicyclic) bond motifs is 1. The Bertz CT molecular complexity index is 261. The van der Waals surface area contributed by atoms with Crippen LogP contribution in [0.1, 0.15) is 12.8 Å². The number of halogens is 1. The first-order valence-electron chi connectivity index (χ1n) is 3.76. The van der Waals surface area contributed by atoms with Crippen LogP contribution in [-0.2, 0) is 4.74 Å². The van der Waals surface area contributed by atoms with Crippen LogP contribution >= 0.6 is 11.6 Å². The van der Waals surface area contributed by atoms with Crippen molar-refractivity contribution in [2.24, 2.45) is 0 Å². The summed E-state index contributed by atoms with van der Waals surface area (Å²) in [5, 5.41) is 0.867. The van der Waals surface area contributed by atoms with Gasteiger partial charge in [-0.3, -0.25) is 0 Å². The average Bonchev–Trinajstić information content (AvgIpc) is 2.06. The van der Waals surface area contributed by atoms with Crippen molar-refractivity contribution in [1.82, 2.24) is 0 Å². The molecule has 1 heterocycles. The average molecular weight is 169 g/mol. The molecule has 0 radical (unpaired) electrons. The third-order valence-corrected chi connectivity index (χ3v) is 2.22. The van der Waals surface area contributed by atoms with E-state index in [9.17, 15) is 0 Å². The van der Waals surface area contributed by atoms with Gasteiger partial charge in [-0.15, -0.1) is 0 Å². The van der Waals surface area contributed by atoms with Gasteiger partial charge in [0.2, 0.25) is 0 Å². The zero-order valence-corrected chi connectivity index (χ0v) is 6.90. The van der Waals surface area contributed by atoms with E-state index in [1.165, 1.54) is 0 Å². The molecule has 0 bridgehead atoms. The first kappa shape index (κ1) is 6.99. The van der Waals surface area contributed by atoms with Crippen LogP contribution in [0.5, 0.6) is 0 Å². The number of rotatable bonds is 0. The van der Waals surface area contributed by atoms with Crippen molar-refractivity contribution in [3.05, 3.63) is 34.6 Å². The largest absolute Gasteiger partial charge is 0.488 e. The SMILES string of the molecule is ClC1=C2OCC=CC2=CCC1. The van der Waals surface area contributed by atoms with Crippen LogP contribution in [0.25, 0.3) is 0 Å². The summed E-state index contributed by atoms with van der Waals surface area (Å²) >= 11 is 5.97. The molecular formula is C9H9ClO. The lowest BCUT2D eigenvalue weighted by molar-refractivity contribution is 0.247. The van der Waals surface area contributed by atoms with Crippen LogP contribution in [0.2, 0.25) is 0 Å². The van der Waals surface area contributed by atoms with Crippen LogP contribution in [0, 0.1) is 0 Å². The summed E-state index contributed by atoms with van der Waals surface area (Å²) < 4.78 is 5.39. The Morgan fingerprint density at radius 3 is 3.18 bits per heavy atom. The Morgan fingerprint density at radius 1 is 1.45 bits per heavy atom. The maximum atomic E-state index is 5.97. The predicted octanol–water partition coefficient (Wildman–Crippen LogP) is 2.74. The molecule has 0 unspecified atom stereocenters. The van der Waals surface area contributed by atoms with Crippen molar-refractivity contribution in [3.63, 3.8) is 0 Å². The van der Waals surface area contributed by atoms with Crippen LogP contribution in [-0.4, -0.2) is 6.61 Å². The van der Waals surface area contributed by atoms with E-state index in [-0.39, 0.29) is 0 Å². The Kier molecular flexibility index (Phi) is 1.74. The molecule has 0 fully saturated rings. The van der Waals surface area contributed by atoms with E-state index in [4.69, 9.17) is 16.3 Å². The first-order chi connectivity index (χ1) is 5.38. The number of ether oxygens (including phenoxy) is 1. The second-order valence-corrected chi connectivity index (χ2v) is 3.10. The second kappa shape index (κ2) is 2.74. The smallest absolute Gasteiger partial charge is 0.141 e. The molecule has 0 saturated heterocycles. The molecule has 0 aromatic heterocycles. The summed E-state index contributed by atoms with van der Waals surface area (Å²) in [5.74, 6) is 0.889. The molecule has 0 atom stereocenters. The van der Waals surface area contributed by atoms with Crippen LogP contribution in [0.4, 0.5) is 0 Å². The van der Waals surface area contributed by atoms with Crippen molar-refractivity contribution in [3.8, 4) is 0 Å². The molecule has 1 nitrogen and oxygen atoms in total. The van der Waals surface area contributed by atoms with Gasteiger partial charge in [-0.05, 0) is 18.9 Å². The highest BCUT2D eigenvalue weighted by atomic mass is 35.5. The summed E-state index contributed by atoms with van der Waals surface area (Å²) in [6.45, 7) is 0.656. The van der Waals surface area contributed by atoms with Gasteiger partial charge in [-0.1, -0.05) is 23.8 Å². The lowest BCUT2D eigenvalue weighted by atomic mass is 10.0. The minimum Gasteiger partial charge on any atom is -0.488 e. The second-order valence-electron chi connectivity index (χ2n) is 2.65. The maximum Gasteiger partial charge on any atom is 0.141 e. The van der Waals surface area contributed by atoms with Gasteiger partial charge in [0, 0.05) is 5.57 Å². The van der Waals surface area contributed by atoms with E-state index in [1.807, 2.05) is 6.08 Å². The van der Waals surface area contributed by atoms with Gasteiger partial charge in [0.15, 0.2) is 0 Å². The molecule has 58 valence electrons. The highest BCUT2D eigenvalue weighted by Gasteiger charge is 2.15. The minimum atomic E-state index is 0.656. The highest BCUT2D eigenvalue weighted by Crippen LogP contribution is 2.31. The third-order valence-electron chi connectivity index (χ3n) is 1.86. The molecule has 2 heteroatoms. The van der Waals surface area contributed by atoms with Gasteiger partial charge < -0.3 is 4.74 Å². The Labute approximate surface area is 71.0 Å². The van der Waals surface area contributed by atoms with Gasteiger partial charge in [0.25, 0.3) is 0 Å². The molecule has 0 aromatic carbocycles. The fourth-order valence-corrected chi connectivity index (χ4v) is 1.60. The normalized spacial score (nSPS) is 22.5. The standard InChI is InChI=1S/C9H9ClO/c10-8-5-1-3-7-4-2-6-11-9(7)8/h2-4H,1,5-6H2. The molecule has 1 aliphatic heterocycles. The molecule has 0 spiro atoms. The topological polar surface area (TPSA) is 9.23 Å². The highest BCUT2D eigenvalue weighted by molar-refractivity contribution is 6.30. The van der Waals surface area contributed by atoms with Crippen molar-refractivity contribution in [2.75, 3.05) is 6.61 Å². The summed E-state index contributed by atoms with van der Waals surface area (Å²) in [6.07, 6.45) is 8.20. The summed E-state index contributed by atoms with van der Waals surface area (Å²) in [4.78, 5) is 0. The zero-order valence-electron chi connectivity index (χ0n) is 6.14. The van der Waals surface area contributed by atoms with Gasteiger partial charge in [-0.25, -0.2) is 0 Å². The lowest BCUT2D eigenvalue weighted by Gasteiger charge is -2.19. The monoisotopic (exact) mass is 168 g/mol. The maximum absolute atomic E-state index is 5.97. The van der Waals surface area contributed by atoms with E-state index >= 15 is 0 Å². The van der Waals surface area contributed by atoms with E-state index in [2.05, 4.69) is 12.2 Å². The van der Waals surface area contributed by atoms with E-state index in [0.29, 0.717) is 6.61 Å². The molecule has 0 amide bonds. The molecule has 1 aliphatic carbocycles. The van der Waals surface area contributed by atoms with Crippen molar-refractivity contribution < 1.29 is 4.74 Å². The number of hydrogen-bond acceptors (Lipinski definition) is 1. The van der Waals surface area contributed by atoms with Crippen molar-refractivity contribution >= 4 is 11.6 Å². The number of allylic oxidation sites excluding steroid dienone is 3. The summed E-state index contributed by atoms with van der Waals surface area (Å²) in [7, 11) is 0. The van der Waals surface area contributed by atoms with Crippen LogP contribution < -0.4 is 0 Å². The number of hydrogen-bond donors (Lipinski definition) is 0. The van der Waals surface area contributed by atoms with Gasteiger partial charge in [-0.2, -0.15) is 0 Å². The van der Waals surface area contributed by atoms with Crippen LogP contribution in [0.15, 0.2) is 34.6 Å². The van der Waals surface area contributed by atoms with Gasteiger partial charge in [0.1, 0.15) is 12.4 Å². The quantitative estimate of drug-likeness (QED) is 0.541. The van der Waals surface area contributed by atoms with E-state index in [0.717, 1.165) is 29.2 Å². The van der Waals surface area contributed by atoms with E-state index in [1.54, 1.807) is 0 Å². The fourth-order valence-electron chi connectivity index (χ4n) is 1.33. The molecular weight excluding hydrogens is 160 g/mol. The van der Waals surface area contributed by atoms with Gasteiger partial charge >= 0.3 is 0 Å². The molecule has 2 rings (SSSR count). The Hall–Kier alpha value is -0.690. The Balaban J connectivity index is 2.41. The van der Waals surface area contributed by atoms with Crippen LogP contribution in [0.3, 0.4) is 0 Å². The molecule has 0 N–H and O–H groups in total. The summed E-state index contributed by atoms with van der Waals surface area (Å²) in [6, 6.07) is 0. The molecule has 11 heavy (non-hydrogen) atoms. The van der Waals surface area contributed by atoms with Crippen molar-refractivity contribution in [2.45, 2.75) is 12.8 Å².